The Hall–Kier alpha value is -3.62. The Morgan fingerprint density at radius 1 is 1.12 bits per heavy atom. The van der Waals surface area contributed by atoms with Crippen LogP contribution < -0.4 is 15.6 Å². The maximum atomic E-state index is 13.6. The van der Waals surface area contributed by atoms with Gasteiger partial charge < -0.3 is 10.4 Å². The Morgan fingerprint density at radius 2 is 1.88 bits per heavy atom. The fourth-order valence-electron chi connectivity index (χ4n) is 4.30. The molecule has 1 aliphatic heterocycles. The Bertz CT molecular complexity index is 1840. The molecule has 4 aromatic rings. The molecule has 0 fully saturated rings. The summed E-state index contributed by atoms with van der Waals surface area (Å²) in [6, 6.07) is 13.2. The highest BCUT2D eigenvalue weighted by atomic mass is 35.5. The van der Waals surface area contributed by atoms with Gasteiger partial charge in [0, 0.05) is 12.7 Å². The van der Waals surface area contributed by atoms with Crippen LogP contribution in [-0.2, 0) is 16.6 Å². The Balaban J connectivity index is 1.56. The third-order valence-corrected chi connectivity index (χ3v) is 9.53. The van der Waals surface area contributed by atoms with E-state index >= 15 is 0 Å². The van der Waals surface area contributed by atoms with Crippen molar-refractivity contribution < 1.29 is 22.6 Å². The first-order valence-corrected chi connectivity index (χ1v) is 15.5. The highest BCUT2D eigenvalue weighted by Crippen LogP contribution is 2.56. The number of sulfonamides is 1. The van der Waals surface area contributed by atoms with Gasteiger partial charge in [-0.05, 0) is 54.8 Å². The molecule has 0 aliphatic carbocycles. The fraction of sp³-hybridized carbons (Fsp3) is 0.192. The van der Waals surface area contributed by atoms with Crippen molar-refractivity contribution in [2.45, 2.75) is 36.6 Å². The molecule has 0 radical (unpaired) electrons. The number of amidine groups is 1. The number of aromatic nitrogens is 2. The van der Waals surface area contributed by atoms with Gasteiger partial charge in [0.15, 0.2) is 5.84 Å². The maximum Gasteiger partial charge on any atom is 0.267 e. The number of pyridine rings is 2. The van der Waals surface area contributed by atoms with Crippen LogP contribution >= 0.6 is 22.4 Å². The van der Waals surface area contributed by atoms with Crippen molar-refractivity contribution in [2.75, 3.05) is 10.0 Å². The number of rotatable bonds is 7. The molecule has 0 bridgehead atoms. The molecule has 5 rings (SSSR count). The number of aryl methyl sites for hydroxylation is 1. The summed E-state index contributed by atoms with van der Waals surface area (Å²) >= 11 is 6.04. The first-order chi connectivity index (χ1) is 18.9. The Labute approximate surface area is 236 Å². The lowest BCUT2D eigenvalue weighted by Gasteiger charge is -2.34. The van der Waals surface area contributed by atoms with E-state index in [1.165, 1.54) is 47.2 Å². The molecule has 0 saturated heterocycles. The van der Waals surface area contributed by atoms with E-state index in [9.17, 15) is 27.4 Å². The zero-order valence-electron chi connectivity index (χ0n) is 21.4. The van der Waals surface area contributed by atoms with Gasteiger partial charge in [-0.1, -0.05) is 48.4 Å². The predicted molar refractivity (Wildman–Crippen MR) is 157 cm³/mol. The number of benzene rings is 2. The van der Waals surface area contributed by atoms with E-state index in [1.54, 1.807) is 18.2 Å². The Morgan fingerprint density at radius 3 is 2.60 bits per heavy atom. The van der Waals surface area contributed by atoms with Crippen LogP contribution in [0, 0.1) is 5.92 Å². The zero-order chi connectivity index (χ0) is 28.8. The van der Waals surface area contributed by atoms with E-state index in [0.717, 1.165) is 0 Å². The van der Waals surface area contributed by atoms with Crippen LogP contribution in [0.15, 0.2) is 79.8 Å². The molecule has 2 aromatic heterocycles. The largest absolute Gasteiger partial charge is 0.506 e. The summed E-state index contributed by atoms with van der Waals surface area (Å²) in [7, 11) is -8.01. The molecule has 0 unspecified atom stereocenters. The van der Waals surface area contributed by atoms with E-state index in [1.807, 2.05) is 13.8 Å². The second-order valence-electron chi connectivity index (χ2n) is 9.57. The molecule has 0 amide bonds. The van der Waals surface area contributed by atoms with Crippen molar-refractivity contribution in [3.8, 4) is 5.75 Å². The fourth-order valence-corrected chi connectivity index (χ4v) is 7.05. The molecule has 210 valence electrons. The monoisotopic (exact) mass is 603 g/mol. The summed E-state index contributed by atoms with van der Waals surface area (Å²) < 4.78 is 55.5. The average Bonchev–Trinajstić information content (AvgIpc) is 2.88. The normalized spacial score (nSPS) is 15.3. The molecule has 14 heteroatoms. The average molecular weight is 604 g/mol. The molecular weight excluding hydrogens is 578 g/mol. The Kier molecular flexibility index (Phi) is 7.27. The van der Waals surface area contributed by atoms with Gasteiger partial charge in [0.25, 0.3) is 15.6 Å². The molecule has 0 saturated carbocycles. The summed E-state index contributed by atoms with van der Waals surface area (Å²) in [6.07, 6.45) is 2.19. The first kappa shape index (κ1) is 27.9. The van der Waals surface area contributed by atoms with Crippen LogP contribution in [0.1, 0.15) is 25.8 Å². The lowest BCUT2D eigenvalue weighted by Crippen LogP contribution is -2.32. The van der Waals surface area contributed by atoms with E-state index in [-0.39, 0.29) is 43.5 Å². The number of hydrogen-bond donors (Lipinski definition) is 5. The van der Waals surface area contributed by atoms with Gasteiger partial charge in [0.2, 0.25) is 0 Å². The van der Waals surface area contributed by atoms with Crippen molar-refractivity contribution >= 4 is 60.6 Å². The van der Waals surface area contributed by atoms with Crippen LogP contribution in [0.5, 0.6) is 5.75 Å². The number of aromatic hydroxyl groups is 1. The quantitative estimate of drug-likeness (QED) is 0.185. The number of anilines is 2. The lowest BCUT2D eigenvalue weighted by molar-refractivity contribution is 0.473. The van der Waals surface area contributed by atoms with Gasteiger partial charge in [0.05, 0.1) is 21.8 Å². The number of fused-ring (bicyclic) bond motifs is 2. The second kappa shape index (κ2) is 10.4. The van der Waals surface area contributed by atoms with Crippen molar-refractivity contribution in [1.82, 2.24) is 9.55 Å². The van der Waals surface area contributed by atoms with Crippen LogP contribution in [-0.4, -0.2) is 38.0 Å². The number of nitrogens with zero attached hydrogens (tertiary/aromatic N) is 3. The van der Waals surface area contributed by atoms with Gasteiger partial charge in [-0.15, -0.1) is 4.40 Å². The molecule has 0 spiro atoms. The maximum absolute atomic E-state index is 13.6. The number of nitrogens with one attached hydrogen (secondary N) is 2. The van der Waals surface area contributed by atoms with Crippen LogP contribution in [0.4, 0.5) is 11.4 Å². The van der Waals surface area contributed by atoms with Crippen molar-refractivity contribution in [1.29, 1.82) is 0 Å². The molecule has 5 N–H and O–H groups in total. The van der Waals surface area contributed by atoms with Crippen molar-refractivity contribution in [3.63, 3.8) is 0 Å². The van der Waals surface area contributed by atoms with Crippen molar-refractivity contribution in [3.05, 3.63) is 81.7 Å². The smallest absolute Gasteiger partial charge is 0.267 e. The summed E-state index contributed by atoms with van der Waals surface area (Å²) in [5.41, 5.74) is -0.329. The third kappa shape index (κ3) is 5.13. The first-order valence-electron chi connectivity index (χ1n) is 12.2. The molecule has 1 aliphatic rings. The van der Waals surface area contributed by atoms with Gasteiger partial charge in [-0.25, -0.2) is 13.4 Å². The minimum absolute atomic E-state index is 0.0256. The molecule has 11 nitrogen and oxygen atoms in total. The lowest BCUT2D eigenvalue weighted by atomic mass is 10.1. The zero-order valence-corrected chi connectivity index (χ0v) is 23.8. The van der Waals surface area contributed by atoms with Crippen LogP contribution in [0.2, 0.25) is 5.02 Å². The minimum atomic E-state index is -4.09. The van der Waals surface area contributed by atoms with Crippen molar-refractivity contribution in [2.24, 2.45) is 10.3 Å². The van der Waals surface area contributed by atoms with Gasteiger partial charge >= 0.3 is 0 Å². The van der Waals surface area contributed by atoms with E-state index in [4.69, 9.17) is 11.6 Å². The third-order valence-electron chi connectivity index (χ3n) is 6.29. The van der Waals surface area contributed by atoms with E-state index in [2.05, 4.69) is 19.4 Å². The summed E-state index contributed by atoms with van der Waals surface area (Å²) in [4.78, 5) is 17.7. The molecule has 0 atom stereocenters. The highest BCUT2D eigenvalue weighted by Gasteiger charge is 2.31. The van der Waals surface area contributed by atoms with E-state index < -0.39 is 32.1 Å². The molecule has 2 aromatic carbocycles. The summed E-state index contributed by atoms with van der Waals surface area (Å²) in [6.45, 7) is 4.36. The summed E-state index contributed by atoms with van der Waals surface area (Å²) in [5, 5.41) is 14.3. The van der Waals surface area contributed by atoms with Gasteiger partial charge in [-0.3, -0.25) is 23.2 Å². The van der Waals surface area contributed by atoms with E-state index in [0.29, 0.717) is 24.0 Å². The molecule has 3 heterocycles. The standard InChI is InChI=1S/C26H26ClN5O6S2/c1-15(2)11-13-32-25-17(6-5-12-28-25)23(33)22(26(32)34)24-29-19-10-9-16(14-21(19)40(37,38)31-24)30-39(35,36)20-8-4-3-7-18(20)27/h3-10,12,14-15,30,33,37-38H,11,13H2,1-2H3,(H,29,31). The van der Waals surface area contributed by atoms with Crippen LogP contribution in [0.25, 0.3) is 11.0 Å². The summed E-state index contributed by atoms with van der Waals surface area (Å²) in [5.74, 6) is -0.345. The topological polar surface area (TPSA) is 166 Å². The highest BCUT2D eigenvalue weighted by molar-refractivity contribution is 8.23. The molecule has 40 heavy (non-hydrogen) atoms. The second-order valence-corrected chi connectivity index (χ2v) is 13.3. The van der Waals surface area contributed by atoms with Gasteiger partial charge in [0.1, 0.15) is 26.8 Å². The van der Waals surface area contributed by atoms with Gasteiger partial charge in [-0.2, -0.15) is 0 Å². The SMILES string of the molecule is CC(C)CCn1c(=O)c(C2=NS(O)(O)c3cc(NS(=O)(=O)c4ccccc4Cl)ccc3N2)c(O)c2cccnc21. The number of hydrogen-bond acceptors (Lipinski definition) is 9. The van der Waals surface area contributed by atoms with Crippen LogP contribution in [0.3, 0.4) is 0 Å². The minimum Gasteiger partial charge on any atom is -0.506 e. The molecular formula is C26H26ClN5O6S2. The number of halogens is 1. The predicted octanol–water partition coefficient (Wildman–Crippen LogP) is 5.50.